The molecule has 0 aliphatic carbocycles. The Morgan fingerprint density at radius 1 is 1.21 bits per heavy atom. The summed E-state index contributed by atoms with van der Waals surface area (Å²) in [5.41, 5.74) is 1.46. The van der Waals surface area contributed by atoms with Gasteiger partial charge in [0, 0.05) is 5.02 Å². The molecular weight excluding hydrogens is 416 g/mol. The zero-order valence-corrected chi connectivity index (χ0v) is 18.2. The number of sulfonamides is 1. The average Bonchev–Trinajstić information content (AvgIpc) is 2.64. The number of nitrogens with zero attached hydrogens (tertiary/aromatic N) is 1. The minimum atomic E-state index is -3.80. The highest BCUT2D eigenvalue weighted by molar-refractivity contribution is 7.92. The van der Waals surface area contributed by atoms with Crippen molar-refractivity contribution in [1.29, 1.82) is 0 Å². The van der Waals surface area contributed by atoms with Gasteiger partial charge in [-0.25, -0.2) is 13.2 Å². The molecule has 7 nitrogen and oxygen atoms in total. The van der Waals surface area contributed by atoms with E-state index >= 15 is 0 Å². The SMILES string of the molecule is CCOC(=O)c1ccccc1NC(=O)C(C)N(c1ccc(C)c(Cl)c1)S(C)(=O)=O. The molecule has 1 amide bonds. The van der Waals surface area contributed by atoms with Gasteiger partial charge in [0.05, 0.1) is 29.8 Å². The maximum Gasteiger partial charge on any atom is 0.340 e. The summed E-state index contributed by atoms with van der Waals surface area (Å²) in [7, 11) is -3.80. The van der Waals surface area contributed by atoms with Gasteiger partial charge in [0.1, 0.15) is 6.04 Å². The molecule has 0 aliphatic heterocycles. The van der Waals surface area contributed by atoms with Crippen LogP contribution < -0.4 is 9.62 Å². The molecule has 1 N–H and O–H groups in total. The van der Waals surface area contributed by atoms with Crippen molar-refractivity contribution in [2.45, 2.75) is 26.8 Å². The molecule has 1 unspecified atom stereocenters. The second kappa shape index (κ2) is 9.28. The lowest BCUT2D eigenvalue weighted by Gasteiger charge is -2.28. The lowest BCUT2D eigenvalue weighted by Crippen LogP contribution is -2.45. The number of ether oxygens (including phenoxy) is 1. The van der Waals surface area contributed by atoms with Gasteiger partial charge in [-0.05, 0) is 50.6 Å². The molecule has 0 saturated heterocycles. The van der Waals surface area contributed by atoms with E-state index in [1.165, 1.54) is 19.1 Å². The number of halogens is 1. The molecule has 0 aromatic heterocycles. The molecule has 29 heavy (non-hydrogen) atoms. The molecule has 0 fully saturated rings. The molecular formula is C20H23ClN2O5S. The summed E-state index contributed by atoms with van der Waals surface area (Å²) < 4.78 is 30.8. The van der Waals surface area contributed by atoms with E-state index in [-0.39, 0.29) is 23.5 Å². The van der Waals surface area contributed by atoms with Crippen molar-refractivity contribution in [3.8, 4) is 0 Å². The van der Waals surface area contributed by atoms with Crippen molar-refractivity contribution < 1.29 is 22.7 Å². The summed E-state index contributed by atoms with van der Waals surface area (Å²) in [6, 6.07) is 10.0. The third-order valence-corrected chi connectivity index (χ3v) is 5.83. The van der Waals surface area contributed by atoms with Crippen molar-refractivity contribution >= 4 is 44.9 Å². The molecule has 0 bridgehead atoms. The van der Waals surface area contributed by atoms with Gasteiger partial charge in [-0.2, -0.15) is 0 Å². The second-order valence-electron chi connectivity index (χ2n) is 6.42. The van der Waals surface area contributed by atoms with Crippen molar-refractivity contribution in [2.75, 3.05) is 22.5 Å². The first-order valence-electron chi connectivity index (χ1n) is 8.88. The Labute approximate surface area is 175 Å². The van der Waals surface area contributed by atoms with Gasteiger partial charge in [0.25, 0.3) is 0 Å². The number of rotatable bonds is 7. The van der Waals surface area contributed by atoms with Gasteiger partial charge < -0.3 is 10.1 Å². The lowest BCUT2D eigenvalue weighted by atomic mass is 10.1. The van der Waals surface area contributed by atoms with Gasteiger partial charge in [-0.1, -0.05) is 29.8 Å². The Bertz CT molecular complexity index is 1020. The van der Waals surface area contributed by atoms with Crippen molar-refractivity contribution in [1.82, 2.24) is 0 Å². The number of carbonyl (C=O) groups is 2. The molecule has 0 radical (unpaired) electrons. The van der Waals surface area contributed by atoms with Crippen LogP contribution in [-0.4, -0.2) is 39.2 Å². The van der Waals surface area contributed by atoms with Crippen molar-refractivity contribution in [2.24, 2.45) is 0 Å². The predicted octanol–water partition coefficient (Wildman–Crippen LogP) is 3.62. The largest absolute Gasteiger partial charge is 0.462 e. The molecule has 1 atom stereocenters. The summed E-state index contributed by atoms with van der Waals surface area (Å²) in [4.78, 5) is 25.0. The van der Waals surface area contributed by atoms with Gasteiger partial charge in [0.15, 0.2) is 0 Å². The van der Waals surface area contributed by atoms with E-state index in [2.05, 4.69) is 5.32 Å². The standard InChI is InChI=1S/C20H23ClN2O5S/c1-5-28-20(25)16-8-6-7-9-18(16)22-19(24)14(3)23(29(4,26)27)15-11-10-13(2)17(21)12-15/h6-12,14H,5H2,1-4H3,(H,22,24). The molecule has 0 spiro atoms. The summed E-state index contributed by atoms with van der Waals surface area (Å²) in [6.45, 7) is 5.11. The highest BCUT2D eigenvalue weighted by Gasteiger charge is 2.30. The molecule has 9 heteroatoms. The fraction of sp³-hybridized carbons (Fsp3) is 0.300. The molecule has 0 aliphatic rings. The summed E-state index contributed by atoms with van der Waals surface area (Å²) >= 11 is 6.13. The van der Waals surface area contributed by atoms with Crippen LogP contribution in [0.25, 0.3) is 0 Å². The number of esters is 1. The number of amides is 1. The molecule has 0 saturated carbocycles. The third kappa shape index (κ3) is 5.48. The van der Waals surface area contributed by atoms with Crippen molar-refractivity contribution in [3.05, 3.63) is 58.6 Å². The number of anilines is 2. The number of hydrogen-bond acceptors (Lipinski definition) is 5. The topological polar surface area (TPSA) is 92.8 Å². The highest BCUT2D eigenvalue weighted by atomic mass is 35.5. The highest BCUT2D eigenvalue weighted by Crippen LogP contribution is 2.27. The average molecular weight is 439 g/mol. The number of nitrogens with one attached hydrogen (secondary N) is 1. The van der Waals surface area contributed by atoms with E-state index in [1.54, 1.807) is 44.2 Å². The van der Waals surface area contributed by atoms with E-state index in [1.807, 2.05) is 0 Å². The van der Waals surface area contributed by atoms with Crippen LogP contribution in [0.4, 0.5) is 11.4 Å². The summed E-state index contributed by atoms with van der Waals surface area (Å²) in [5, 5.41) is 3.00. The normalized spacial score (nSPS) is 12.2. The fourth-order valence-corrected chi connectivity index (χ4v) is 4.09. The van der Waals surface area contributed by atoms with Gasteiger partial charge in [0.2, 0.25) is 15.9 Å². The maximum atomic E-state index is 12.9. The Morgan fingerprint density at radius 3 is 2.45 bits per heavy atom. The Balaban J connectivity index is 2.36. The smallest absolute Gasteiger partial charge is 0.340 e. The number of benzene rings is 2. The van der Waals surface area contributed by atoms with Crippen LogP contribution in [0.2, 0.25) is 5.02 Å². The second-order valence-corrected chi connectivity index (χ2v) is 8.69. The minimum absolute atomic E-state index is 0.180. The van der Waals surface area contributed by atoms with Crippen LogP contribution in [0.5, 0.6) is 0 Å². The molecule has 0 heterocycles. The van der Waals surface area contributed by atoms with E-state index in [0.717, 1.165) is 16.1 Å². The first-order chi connectivity index (χ1) is 13.6. The van der Waals surface area contributed by atoms with Crippen LogP contribution in [-0.2, 0) is 19.6 Å². The monoisotopic (exact) mass is 438 g/mol. The van der Waals surface area contributed by atoms with E-state index < -0.39 is 27.9 Å². The molecule has 2 aromatic carbocycles. The van der Waals surface area contributed by atoms with Crippen LogP contribution >= 0.6 is 11.6 Å². The number of aryl methyl sites for hydroxylation is 1. The van der Waals surface area contributed by atoms with Crippen LogP contribution in [0.3, 0.4) is 0 Å². The zero-order valence-electron chi connectivity index (χ0n) is 16.6. The lowest BCUT2D eigenvalue weighted by molar-refractivity contribution is -0.116. The fourth-order valence-electron chi connectivity index (χ4n) is 2.74. The van der Waals surface area contributed by atoms with E-state index in [4.69, 9.17) is 16.3 Å². The van der Waals surface area contributed by atoms with Gasteiger partial charge >= 0.3 is 5.97 Å². The quantitative estimate of drug-likeness (QED) is 0.666. The van der Waals surface area contributed by atoms with Crippen LogP contribution in [0.15, 0.2) is 42.5 Å². The maximum absolute atomic E-state index is 12.9. The molecule has 2 aromatic rings. The van der Waals surface area contributed by atoms with Gasteiger partial charge in [-0.3, -0.25) is 9.10 Å². The Morgan fingerprint density at radius 2 is 1.86 bits per heavy atom. The predicted molar refractivity (Wildman–Crippen MR) is 114 cm³/mol. The van der Waals surface area contributed by atoms with Gasteiger partial charge in [-0.15, -0.1) is 0 Å². The first kappa shape index (κ1) is 22.7. The number of carbonyl (C=O) groups excluding carboxylic acids is 2. The number of hydrogen-bond donors (Lipinski definition) is 1. The summed E-state index contributed by atoms with van der Waals surface area (Å²) in [5.74, 6) is -1.19. The van der Waals surface area contributed by atoms with Crippen LogP contribution in [0.1, 0.15) is 29.8 Å². The van der Waals surface area contributed by atoms with Crippen LogP contribution in [0, 0.1) is 6.92 Å². The first-order valence-corrected chi connectivity index (χ1v) is 11.1. The summed E-state index contributed by atoms with van der Waals surface area (Å²) in [6.07, 6.45) is 1.01. The Kier molecular flexibility index (Phi) is 7.26. The minimum Gasteiger partial charge on any atom is -0.462 e. The van der Waals surface area contributed by atoms with E-state index in [9.17, 15) is 18.0 Å². The third-order valence-electron chi connectivity index (χ3n) is 4.18. The van der Waals surface area contributed by atoms with Crippen molar-refractivity contribution in [3.63, 3.8) is 0 Å². The molecule has 2 rings (SSSR count). The number of para-hydroxylation sites is 1. The molecule has 156 valence electrons. The Hall–Kier alpha value is -2.58. The zero-order chi connectivity index (χ0) is 21.8. The van der Waals surface area contributed by atoms with E-state index in [0.29, 0.717) is 5.02 Å².